The van der Waals surface area contributed by atoms with Gasteiger partial charge in [0.15, 0.2) is 11.5 Å². The Morgan fingerprint density at radius 3 is 2.72 bits per heavy atom. The van der Waals surface area contributed by atoms with E-state index >= 15 is 0 Å². The zero-order chi connectivity index (χ0) is 17.2. The second kappa shape index (κ2) is 6.58. The molecule has 1 saturated heterocycles. The fourth-order valence-corrected chi connectivity index (χ4v) is 3.43. The lowest BCUT2D eigenvalue weighted by molar-refractivity contribution is -0.385. The van der Waals surface area contributed by atoms with E-state index in [-0.39, 0.29) is 11.7 Å². The molecule has 7 heteroatoms. The molecular weight excluding hydrogens is 322 g/mol. The molecule has 7 nitrogen and oxygen atoms in total. The normalized spacial score (nSPS) is 19.5. The molecule has 1 atom stereocenters. The molecule has 2 aliphatic rings. The van der Waals surface area contributed by atoms with Gasteiger partial charge in [0.2, 0.25) is 0 Å². The van der Waals surface area contributed by atoms with Gasteiger partial charge in [-0.2, -0.15) is 0 Å². The molecule has 1 fully saturated rings. The summed E-state index contributed by atoms with van der Waals surface area (Å²) in [5.41, 5.74) is 1.16. The molecule has 0 radical (unpaired) electrons. The summed E-state index contributed by atoms with van der Waals surface area (Å²) in [5, 5.41) is 10.8. The number of fused-ring (bicyclic) bond motifs is 1. The predicted molar refractivity (Wildman–Crippen MR) is 92.3 cm³/mol. The van der Waals surface area contributed by atoms with E-state index in [9.17, 15) is 10.1 Å². The summed E-state index contributed by atoms with van der Waals surface area (Å²) in [6, 6.07) is 9.50. The van der Waals surface area contributed by atoms with Crippen LogP contribution < -0.4 is 14.4 Å². The zero-order valence-electron chi connectivity index (χ0n) is 13.8. The molecule has 2 aromatic rings. The first-order valence-corrected chi connectivity index (χ1v) is 8.49. The van der Waals surface area contributed by atoms with Crippen LogP contribution in [0.1, 0.15) is 30.9 Å². The van der Waals surface area contributed by atoms with Crippen molar-refractivity contribution in [3.63, 3.8) is 0 Å². The fraction of sp³-hybridized carbons (Fsp3) is 0.389. The number of hydrogen-bond donors (Lipinski definition) is 0. The van der Waals surface area contributed by atoms with Crippen molar-refractivity contribution in [3.05, 3.63) is 52.2 Å². The number of pyridine rings is 1. The monoisotopic (exact) mass is 341 g/mol. The summed E-state index contributed by atoms with van der Waals surface area (Å²) in [6.45, 7) is 2.22. The molecule has 0 aliphatic carbocycles. The van der Waals surface area contributed by atoms with Crippen LogP contribution >= 0.6 is 0 Å². The topological polar surface area (TPSA) is 77.7 Å². The molecule has 0 saturated carbocycles. The van der Waals surface area contributed by atoms with E-state index in [4.69, 9.17) is 9.47 Å². The van der Waals surface area contributed by atoms with Crippen LogP contribution in [0.2, 0.25) is 0 Å². The molecule has 130 valence electrons. The summed E-state index contributed by atoms with van der Waals surface area (Å²) in [4.78, 5) is 16.9. The van der Waals surface area contributed by atoms with E-state index in [0.29, 0.717) is 13.2 Å². The van der Waals surface area contributed by atoms with Crippen LogP contribution in [0.3, 0.4) is 0 Å². The third-order valence-corrected chi connectivity index (χ3v) is 4.65. The molecule has 0 bridgehead atoms. The average Bonchev–Trinajstić information content (AvgIpc) is 3.00. The zero-order valence-corrected chi connectivity index (χ0v) is 13.8. The lowest BCUT2D eigenvalue weighted by Gasteiger charge is -2.26. The standard InChI is InChI=1S/C18H19N3O4/c22-21(23)14-5-7-18(19-12-14)20-8-1-3-15(20)13-4-6-16-17(11-13)25-10-2-9-24-16/h4-7,11-12,15H,1-3,8-10H2/t15-/m1/s1. The molecule has 3 heterocycles. The predicted octanol–water partition coefficient (Wildman–Crippen LogP) is 3.49. The maximum atomic E-state index is 10.8. The Labute approximate surface area is 145 Å². The largest absolute Gasteiger partial charge is 0.490 e. The summed E-state index contributed by atoms with van der Waals surface area (Å²) in [6.07, 6.45) is 4.26. The van der Waals surface area contributed by atoms with E-state index in [1.807, 2.05) is 6.07 Å². The van der Waals surface area contributed by atoms with Gasteiger partial charge in [0.25, 0.3) is 5.69 Å². The summed E-state index contributed by atoms with van der Waals surface area (Å²) in [5.74, 6) is 2.35. The minimum atomic E-state index is -0.429. The summed E-state index contributed by atoms with van der Waals surface area (Å²) >= 11 is 0. The van der Waals surface area contributed by atoms with Gasteiger partial charge in [-0.3, -0.25) is 10.1 Å². The van der Waals surface area contributed by atoms with Crippen molar-refractivity contribution in [2.75, 3.05) is 24.7 Å². The highest BCUT2D eigenvalue weighted by Gasteiger charge is 2.28. The first-order chi connectivity index (χ1) is 12.2. The highest BCUT2D eigenvalue weighted by Crippen LogP contribution is 2.39. The Balaban J connectivity index is 1.61. The first-order valence-electron chi connectivity index (χ1n) is 8.49. The van der Waals surface area contributed by atoms with Crippen LogP contribution in [0, 0.1) is 10.1 Å². The lowest BCUT2D eigenvalue weighted by atomic mass is 10.0. The van der Waals surface area contributed by atoms with Gasteiger partial charge >= 0.3 is 0 Å². The molecule has 0 unspecified atom stereocenters. The van der Waals surface area contributed by atoms with Crippen molar-refractivity contribution in [1.29, 1.82) is 0 Å². The van der Waals surface area contributed by atoms with Gasteiger partial charge in [-0.15, -0.1) is 0 Å². The third kappa shape index (κ3) is 3.09. The van der Waals surface area contributed by atoms with Crippen molar-refractivity contribution in [2.24, 2.45) is 0 Å². The first kappa shape index (κ1) is 15.7. The van der Waals surface area contributed by atoms with Crippen molar-refractivity contribution < 1.29 is 14.4 Å². The van der Waals surface area contributed by atoms with Gasteiger partial charge in [0.1, 0.15) is 12.0 Å². The molecule has 0 amide bonds. The number of nitrogens with zero attached hydrogens (tertiary/aromatic N) is 3. The Kier molecular flexibility index (Phi) is 4.13. The second-order valence-electron chi connectivity index (χ2n) is 6.24. The third-order valence-electron chi connectivity index (χ3n) is 4.65. The molecule has 0 spiro atoms. The number of rotatable bonds is 3. The minimum absolute atomic E-state index is 0.00933. The van der Waals surface area contributed by atoms with Gasteiger partial charge < -0.3 is 14.4 Å². The lowest BCUT2D eigenvalue weighted by Crippen LogP contribution is -2.23. The molecule has 4 rings (SSSR count). The molecular formula is C18H19N3O4. The highest BCUT2D eigenvalue weighted by molar-refractivity contribution is 5.50. The Bertz CT molecular complexity index is 778. The highest BCUT2D eigenvalue weighted by atomic mass is 16.6. The SMILES string of the molecule is O=[N+]([O-])c1ccc(N2CCC[C@@H]2c2ccc3c(c2)OCCCO3)nc1. The van der Waals surface area contributed by atoms with Crippen LogP contribution in [0.15, 0.2) is 36.5 Å². The number of hydrogen-bond acceptors (Lipinski definition) is 6. The van der Waals surface area contributed by atoms with E-state index < -0.39 is 4.92 Å². The van der Waals surface area contributed by atoms with E-state index in [1.165, 1.54) is 12.3 Å². The number of nitro groups is 1. The molecule has 2 aliphatic heterocycles. The van der Waals surface area contributed by atoms with Gasteiger partial charge in [-0.25, -0.2) is 4.98 Å². The maximum absolute atomic E-state index is 10.8. The average molecular weight is 341 g/mol. The number of ether oxygens (including phenoxy) is 2. The Morgan fingerprint density at radius 1 is 1.12 bits per heavy atom. The molecule has 1 aromatic heterocycles. The van der Waals surface area contributed by atoms with E-state index in [0.717, 1.165) is 48.7 Å². The number of benzene rings is 1. The molecule has 1 aromatic carbocycles. The van der Waals surface area contributed by atoms with Crippen LogP contribution in [0.25, 0.3) is 0 Å². The van der Waals surface area contributed by atoms with Crippen LogP contribution in [-0.4, -0.2) is 29.7 Å². The number of aromatic nitrogens is 1. The quantitative estimate of drug-likeness (QED) is 0.628. The van der Waals surface area contributed by atoms with E-state index in [2.05, 4.69) is 22.0 Å². The fourth-order valence-electron chi connectivity index (χ4n) is 3.43. The van der Waals surface area contributed by atoms with Crippen molar-refractivity contribution in [2.45, 2.75) is 25.3 Å². The van der Waals surface area contributed by atoms with Gasteiger partial charge in [0, 0.05) is 19.0 Å². The van der Waals surface area contributed by atoms with Gasteiger partial charge in [0.05, 0.1) is 24.2 Å². The van der Waals surface area contributed by atoms with Gasteiger partial charge in [-0.1, -0.05) is 6.07 Å². The van der Waals surface area contributed by atoms with Crippen molar-refractivity contribution in [3.8, 4) is 11.5 Å². The smallest absolute Gasteiger partial charge is 0.287 e. The number of anilines is 1. The Hall–Kier alpha value is -2.83. The Morgan fingerprint density at radius 2 is 1.96 bits per heavy atom. The van der Waals surface area contributed by atoms with E-state index in [1.54, 1.807) is 6.07 Å². The van der Waals surface area contributed by atoms with Crippen molar-refractivity contribution in [1.82, 2.24) is 4.98 Å². The van der Waals surface area contributed by atoms with Gasteiger partial charge in [-0.05, 0) is 36.6 Å². The molecule has 25 heavy (non-hydrogen) atoms. The minimum Gasteiger partial charge on any atom is -0.490 e. The van der Waals surface area contributed by atoms with Crippen LogP contribution in [-0.2, 0) is 0 Å². The molecule has 0 N–H and O–H groups in total. The van der Waals surface area contributed by atoms with Crippen LogP contribution in [0.5, 0.6) is 11.5 Å². The summed E-state index contributed by atoms with van der Waals surface area (Å²) in [7, 11) is 0. The van der Waals surface area contributed by atoms with Crippen LogP contribution in [0.4, 0.5) is 11.5 Å². The van der Waals surface area contributed by atoms with Crippen molar-refractivity contribution >= 4 is 11.5 Å². The maximum Gasteiger partial charge on any atom is 0.287 e. The second-order valence-corrected chi connectivity index (χ2v) is 6.24. The summed E-state index contributed by atoms with van der Waals surface area (Å²) < 4.78 is 11.5.